The van der Waals surface area contributed by atoms with Gasteiger partial charge in [-0.15, -0.1) is 0 Å². The number of nitrogens with zero attached hydrogens (tertiary/aromatic N) is 1. The van der Waals surface area contributed by atoms with E-state index in [2.05, 4.69) is 5.23 Å². The molecule has 3 rings (SSSR count). The summed E-state index contributed by atoms with van der Waals surface area (Å²) in [5, 5.41) is 15.2. The summed E-state index contributed by atoms with van der Waals surface area (Å²) >= 11 is 0. The summed E-state index contributed by atoms with van der Waals surface area (Å²) in [7, 11) is 0. The van der Waals surface area contributed by atoms with E-state index < -0.39 is 0 Å². The molecule has 0 saturated carbocycles. The van der Waals surface area contributed by atoms with E-state index in [4.69, 9.17) is 0 Å². The third-order valence-electron chi connectivity index (χ3n) is 2.89. The van der Waals surface area contributed by atoms with Crippen molar-refractivity contribution in [1.82, 2.24) is 0 Å². The first kappa shape index (κ1) is 9.96. The van der Waals surface area contributed by atoms with Gasteiger partial charge in [0.25, 0.3) is 0 Å². The molecule has 0 fully saturated rings. The lowest BCUT2D eigenvalue weighted by molar-refractivity contribution is -0.296. The van der Waals surface area contributed by atoms with Crippen LogP contribution in [0.15, 0.2) is 54.6 Å². The Bertz CT molecular complexity index is 569. The molecule has 0 atom stereocenters. The summed E-state index contributed by atoms with van der Waals surface area (Å²) in [5.41, 5.74) is 2.89. The maximum atomic E-state index is 12.0. The number of benzene rings is 2. The van der Waals surface area contributed by atoms with Gasteiger partial charge in [0, 0.05) is 11.2 Å². The minimum absolute atomic E-state index is 0.342. The largest absolute Gasteiger partial charge is 0.655 e. The summed E-state index contributed by atoms with van der Waals surface area (Å²) in [5.74, 6) is 0. The van der Waals surface area contributed by atoms with Gasteiger partial charge in [0.05, 0.1) is 5.56 Å². The van der Waals surface area contributed by atoms with E-state index in [9.17, 15) is 5.21 Å². The Labute approximate surface area is 100 Å². The molecule has 0 spiro atoms. The van der Waals surface area contributed by atoms with Crippen molar-refractivity contribution < 1.29 is 4.65 Å². The average molecular weight is 222 g/mol. The van der Waals surface area contributed by atoms with Crippen LogP contribution in [-0.4, -0.2) is 17.8 Å². The quantitative estimate of drug-likeness (QED) is 0.585. The van der Waals surface area contributed by atoms with Gasteiger partial charge in [-0.1, -0.05) is 42.5 Å². The normalized spacial score (nSPS) is 13.6. The molecule has 3 nitrogen and oxygen atoms in total. The maximum Gasteiger partial charge on any atom is 0.655 e. The van der Waals surface area contributed by atoms with Crippen LogP contribution in [-0.2, 0) is 0 Å². The zero-order valence-electron chi connectivity index (χ0n) is 9.21. The fourth-order valence-electron chi connectivity index (χ4n) is 2.03. The molecule has 4 heteroatoms. The van der Waals surface area contributed by atoms with Gasteiger partial charge in [-0.25, -0.2) is 0 Å². The predicted molar refractivity (Wildman–Crippen MR) is 70.7 cm³/mol. The van der Waals surface area contributed by atoms with Gasteiger partial charge < -0.3 is 10.4 Å². The van der Waals surface area contributed by atoms with Gasteiger partial charge in [0.1, 0.15) is 0 Å². The van der Waals surface area contributed by atoms with Crippen molar-refractivity contribution in [2.24, 2.45) is 0 Å². The van der Waals surface area contributed by atoms with Gasteiger partial charge in [0.2, 0.25) is 0 Å². The van der Waals surface area contributed by atoms with Crippen LogP contribution in [0.1, 0.15) is 5.56 Å². The lowest BCUT2D eigenvalue weighted by Gasteiger charge is -2.20. The number of rotatable bonds is 1. The van der Waals surface area contributed by atoms with Crippen molar-refractivity contribution in [2.45, 2.75) is 0 Å². The van der Waals surface area contributed by atoms with Gasteiger partial charge >= 0.3 is 6.98 Å². The molecule has 0 unspecified atom stereocenters. The standard InChI is InChI=1S/C13H11BN2O/c17-16-10-11-6-4-5-9-13(11)15-14(16)12-7-2-1-3-8-12/h1-10,15H. The number of fused-ring (bicyclic) bond motifs is 1. The minimum atomic E-state index is -0.342. The van der Waals surface area contributed by atoms with Crippen LogP contribution in [0.5, 0.6) is 0 Å². The fourth-order valence-corrected chi connectivity index (χ4v) is 2.03. The summed E-state index contributed by atoms with van der Waals surface area (Å²) in [4.78, 5) is 0. The summed E-state index contributed by atoms with van der Waals surface area (Å²) in [6.45, 7) is -0.342. The van der Waals surface area contributed by atoms with E-state index >= 15 is 0 Å². The minimum Gasteiger partial charge on any atom is -0.646 e. The molecule has 2 aromatic carbocycles. The lowest BCUT2D eigenvalue weighted by atomic mass is 9.67. The number of para-hydroxylation sites is 1. The number of hydrogen-bond donors (Lipinski definition) is 1. The maximum absolute atomic E-state index is 12.0. The topological polar surface area (TPSA) is 38.1 Å². The Morgan fingerprint density at radius 2 is 1.65 bits per heavy atom. The van der Waals surface area contributed by atoms with Crippen molar-refractivity contribution in [1.29, 1.82) is 0 Å². The molecule has 0 aliphatic carbocycles. The Morgan fingerprint density at radius 1 is 0.941 bits per heavy atom. The third kappa shape index (κ3) is 1.78. The molecule has 2 aromatic rings. The van der Waals surface area contributed by atoms with Crippen LogP contribution in [0.4, 0.5) is 5.69 Å². The van der Waals surface area contributed by atoms with Gasteiger partial charge in [0.15, 0.2) is 6.21 Å². The molecular weight excluding hydrogens is 211 g/mol. The fraction of sp³-hybridized carbons (Fsp3) is 0. The zero-order chi connectivity index (χ0) is 11.7. The summed E-state index contributed by atoms with van der Waals surface area (Å²) in [6.07, 6.45) is 1.63. The first-order valence-electron chi connectivity index (χ1n) is 5.55. The third-order valence-corrected chi connectivity index (χ3v) is 2.89. The van der Waals surface area contributed by atoms with Gasteiger partial charge in [-0.05, 0) is 12.1 Å². The van der Waals surface area contributed by atoms with E-state index in [1.807, 2.05) is 54.6 Å². The predicted octanol–water partition coefficient (Wildman–Crippen LogP) is 1.44. The van der Waals surface area contributed by atoms with Gasteiger partial charge in [-0.3, -0.25) is 4.65 Å². The SMILES string of the molecule is [O-][N+]1=Cc2ccccc2NB1c1ccccc1. The molecule has 82 valence electrons. The Hall–Kier alpha value is -2.23. The molecule has 1 aliphatic heterocycles. The van der Waals surface area contributed by atoms with Crippen LogP contribution in [0, 0.1) is 5.21 Å². The van der Waals surface area contributed by atoms with E-state index in [0.717, 1.165) is 21.4 Å². The highest BCUT2D eigenvalue weighted by atomic mass is 16.5. The van der Waals surface area contributed by atoms with Crippen molar-refractivity contribution in [3.05, 3.63) is 65.4 Å². The molecule has 0 aromatic heterocycles. The Morgan fingerprint density at radius 3 is 2.47 bits per heavy atom. The van der Waals surface area contributed by atoms with E-state index in [-0.39, 0.29) is 6.98 Å². The van der Waals surface area contributed by atoms with Crippen LogP contribution in [0.25, 0.3) is 0 Å². The molecule has 0 bridgehead atoms. The Balaban J connectivity index is 2.02. The highest BCUT2D eigenvalue weighted by Gasteiger charge is 2.34. The molecular formula is C13H11BN2O. The second-order valence-electron chi connectivity index (χ2n) is 4.03. The number of anilines is 1. The van der Waals surface area contributed by atoms with Crippen LogP contribution in [0.2, 0.25) is 0 Å². The smallest absolute Gasteiger partial charge is 0.646 e. The molecule has 1 N–H and O–H groups in total. The lowest BCUT2D eigenvalue weighted by Crippen LogP contribution is -2.49. The molecule has 1 heterocycles. The van der Waals surface area contributed by atoms with E-state index in [1.54, 1.807) is 6.21 Å². The van der Waals surface area contributed by atoms with Crippen molar-refractivity contribution in [2.75, 3.05) is 5.23 Å². The highest BCUT2D eigenvalue weighted by molar-refractivity contribution is 6.70. The molecule has 0 amide bonds. The van der Waals surface area contributed by atoms with Crippen LogP contribution >= 0.6 is 0 Å². The molecule has 17 heavy (non-hydrogen) atoms. The summed E-state index contributed by atoms with van der Waals surface area (Å²) < 4.78 is 0.956. The first-order chi connectivity index (χ1) is 8.34. The first-order valence-corrected chi connectivity index (χ1v) is 5.55. The zero-order valence-corrected chi connectivity index (χ0v) is 9.21. The average Bonchev–Trinajstić information content (AvgIpc) is 2.39. The second kappa shape index (κ2) is 3.98. The summed E-state index contributed by atoms with van der Waals surface area (Å²) in [6, 6.07) is 17.5. The second-order valence-corrected chi connectivity index (χ2v) is 4.03. The Kier molecular flexibility index (Phi) is 2.33. The van der Waals surface area contributed by atoms with Crippen LogP contribution in [0.3, 0.4) is 0 Å². The molecule has 0 radical (unpaired) electrons. The van der Waals surface area contributed by atoms with Crippen molar-refractivity contribution in [3.63, 3.8) is 0 Å². The van der Waals surface area contributed by atoms with E-state index in [1.165, 1.54) is 0 Å². The van der Waals surface area contributed by atoms with Crippen molar-refractivity contribution >= 4 is 24.3 Å². The molecule has 1 aliphatic rings. The van der Waals surface area contributed by atoms with Crippen molar-refractivity contribution in [3.8, 4) is 0 Å². The number of hydrogen-bond acceptors (Lipinski definition) is 2. The van der Waals surface area contributed by atoms with E-state index in [0.29, 0.717) is 0 Å². The highest BCUT2D eigenvalue weighted by Crippen LogP contribution is 2.16. The monoisotopic (exact) mass is 222 g/mol. The van der Waals surface area contributed by atoms with Gasteiger partial charge in [-0.2, -0.15) is 0 Å². The van der Waals surface area contributed by atoms with Crippen LogP contribution < -0.4 is 10.7 Å². The number of nitrogens with one attached hydrogen (secondary N) is 1. The molecule has 0 saturated heterocycles.